The van der Waals surface area contributed by atoms with E-state index < -0.39 is 28.5 Å². The molecule has 1 aliphatic rings. The molecule has 0 aromatic heterocycles. The smallest absolute Gasteiger partial charge is 0.264 e. The minimum atomic E-state index is -4.17. The van der Waals surface area contributed by atoms with Gasteiger partial charge in [-0.25, -0.2) is 8.42 Å². The summed E-state index contributed by atoms with van der Waals surface area (Å²) in [6.07, 6.45) is 3.89. The third kappa shape index (κ3) is 7.85. The SMILES string of the molecule is CCOc1ccc(N(CC(=O)N(Cc2ccccc2Cl)[C@H](C)C(=O)NC2CCCC2)S(=O)(=O)c2ccc(Br)cc2)cc1. The molecule has 0 spiro atoms. The second kappa shape index (κ2) is 14.4. The maximum absolute atomic E-state index is 14.1. The number of carbonyl (C=O) groups is 2. The maximum Gasteiger partial charge on any atom is 0.264 e. The number of anilines is 1. The Hall–Kier alpha value is -3.08. The van der Waals surface area contributed by atoms with Gasteiger partial charge in [-0.05, 0) is 86.8 Å². The van der Waals surface area contributed by atoms with Crippen LogP contribution in [0.3, 0.4) is 0 Å². The fourth-order valence-electron chi connectivity index (χ4n) is 4.92. The molecule has 1 saturated carbocycles. The number of rotatable bonds is 12. The Balaban J connectivity index is 1.69. The van der Waals surface area contributed by atoms with Gasteiger partial charge in [0, 0.05) is 22.1 Å². The first kappa shape index (κ1) is 31.8. The van der Waals surface area contributed by atoms with Crippen LogP contribution in [0.2, 0.25) is 5.02 Å². The number of sulfonamides is 1. The van der Waals surface area contributed by atoms with Crippen molar-refractivity contribution in [1.82, 2.24) is 10.2 Å². The summed E-state index contributed by atoms with van der Waals surface area (Å²) in [5.41, 5.74) is 0.937. The van der Waals surface area contributed by atoms with Crippen LogP contribution in [0.15, 0.2) is 82.2 Å². The zero-order chi connectivity index (χ0) is 30.3. The van der Waals surface area contributed by atoms with Crippen LogP contribution in [-0.2, 0) is 26.2 Å². The van der Waals surface area contributed by atoms with Crippen LogP contribution in [0.1, 0.15) is 45.1 Å². The highest BCUT2D eigenvalue weighted by atomic mass is 79.9. The van der Waals surface area contributed by atoms with Crippen molar-refractivity contribution in [3.8, 4) is 5.75 Å². The molecule has 1 fully saturated rings. The quantitative estimate of drug-likeness (QED) is 0.248. The van der Waals surface area contributed by atoms with Gasteiger partial charge in [-0.1, -0.05) is 58.6 Å². The van der Waals surface area contributed by atoms with Gasteiger partial charge in [0.1, 0.15) is 18.3 Å². The van der Waals surface area contributed by atoms with Gasteiger partial charge in [0.05, 0.1) is 17.2 Å². The molecule has 0 aliphatic heterocycles. The second-order valence-electron chi connectivity index (χ2n) is 10.2. The first-order chi connectivity index (χ1) is 20.1. The predicted octanol–water partition coefficient (Wildman–Crippen LogP) is 6.17. The normalized spacial score (nSPS) is 14.3. The van der Waals surface area contributed by atoms with Crippen molar-refractivity contribution < 1.29 is 22.7 Å². The topological polar surface area (TPSA) is 96.0 Å². The Morgan fingerprint density at radius 2 is 1.67 bits per heavy atom. The molecule has 1 aliphatic carbocycles. The van der Waals surface area contributed by atoms with Gasteiger partial charge in [0.15, 0.2) is 0 Å². The van der Waals surface area contributed by atoms with Crippen LogP contribution in [0.4, 0.5) is 5.69 Å². The molecule has 8 nitrogen and oxygen atoms in total. The number of amides is 2. The zero-order valence-corrected chi connectivity index (χ0v) is 26.8. The van der Waals surface area contributed by atoms with E-state index >= 15 is 0 Å². The third-order valence-corrected chi connectivity index (χ3v) is 9.97. The van der Waals surface area contributed by atoms with Crippen molar-refractivity contribution in [2.45, 2.75) is 63.1 Å². The van der Waals surface area contributed by atoms with Gasteiger partial charge in [0.25, 0.3) is 10.0 Å². The van der Waals surface area contributed by atoms with E-state index in [9.17, 15) is 18.0 Å². The van der Waals surface area contributed by atoms with E-state index in [0.29, 0.717) is 22.9 Å². The molecule has 0 heterocycles. The highest BCUT2D eigenvalue weighted by Gasteiger charge is 2.33. The number of carbonyl (C=O) groups excluding carboxylic acids is 2. The molecular formula is C31H35BrClN3O5S. The molecule has 224 valence electrons. The monoisotopic (exact) mass is 675 g/mol. The van der Waals surface area contributed by atoms with Crippen molar-refractivity contribution >= 4 is 55.1 Å². The second-order valence-corrected chi connectivity index (χ2v) is 13.4. The summed E-state index contributed by atoms with van der Waals surface area (Å²) in [6.45, 7) is 3.47. The van der Waals surface area contributed by atoms with Crippen molar-refractivity contribution in [2.75, 3.05) is 17.5 Å². The van der Waals surface area contributed by atoms with E-state index in [1.165, 1.54) is 17.0 Å². The summed E-state index contributed by atoms with van der Waals surface area (Å²) in [4.78, 5) is 28.8. The maximum atomic E-state index is 14.1. The van der Waals surface area contributed by atoms with Gasteiger partial charge < -0.3 is 15.0 Å². The van der Waals surface area contributed by atoms with Gasteiger partial charge in [-0.15, -0.1) is 0 Å². The third-order valence-electron chi connectivity index (χ3n) is 7.28. The van der Waals surface area contributed by atoms with Gasteiger partial charge >= 0.3 is 0 Å². The molecule has 1 atom stereocenters. The lowest BCUT2D eigenvalue weighted by atomic mass is 10.1. The number of nitrogens with one attached hydrogen (secondary N) is 1. The zero-order valence-electron chi connectivity index (χ0n) is 23.6. The molecule has 0 radical (unpaired) electrons. The molecule has 0 unspecified atom stereocenters. The number of halogens is 2. The molecule has 0 saturated heterocycles. The average Bonchev–Trinajstić information content (AvgIpc) is 3.49. The fraction of sp³-hybridized carbons (Fsp3) is 0.355. The molecular weight excluding hydrogens is 642 g/mol. The van der Waals surface area contributed by atoms with E-state index in [0.717, 1.165) is 34.5 Å². The lowest BCUT2D eigenvalue weighted by molar-refractivity contribution is -0.139. The molecule has 3 aromatic carbocycles. The lowest BCUT2D eigenvalue weighted by Crippen LogP contribution is -2.52. The summed E-state index contributed by atoms with van der Waals surface area (Å²) < 4.78 is 35.2. The van der Waals surface area contributed by atoms with E-state index in [-0.39, 0.29) is 29.1 Å². The Morgan fingerprint density at radius 1 is 1.02 bits per heavy atom. The summed E-state index contributed by atoms with van der Waals surface area (Å²) in [6, 6.07) is 19.0. The van der Waals surface area contributed by atoms with E-state index in [1.807, 2.05) is 6.92 Å². The van der Waals surface area contributed by atoms with Crippen LogP contribution in [0.25, 0.3) is 0 Å². The van der Waals surface area contributed by atoms with Crippen molar-refractivity contribution in [3.63, 3.8) is 0 Å². The van der Waals surface area contributed by atoms with Crippen molar-refractivity contribution in [1.29, 1.82) is 0 Å². The highest BCUT2D eigenvalue weighted by Crippen LogP contribution is 2.28. The number of hydrogen-bond donors (Lipinski definition) is 1. The lowest BCUT2D eigenvalue weighted by Gasteiger charge is -2.32. The van der Waals surface area contributed by atoms with Crippen LogP contribution >= 0.6 is 27.5 Å². The van der Waals surface area contributed by atoms with Crippen LogP contribution < -0.4 is 14.4 Å². The van der Waals surface area contributed by atoms with Crippen LogP contribution in [0.5, 0.6) is 5.75 Å². The summed E-state index contributed by atoms with van der Waals surface area (Å²) in [5, 5.41) is 3.51. The number of ether oxygens (including phenoxy) is 1. The Labute approximate surface area is 261 Å². The molecule has 2 amide bonds. The summed E-state index contributed by atoms with van der Waals surface area (Å²) in [7, 11) is -4.17. The van der Waals surface area contributed by atoms with E-state index in [4.69, 9.17) is 16.3 Å². The van der Waals surface area contributed by atoms with Crippen LogP contribution in [0, 0.1) is 0 Å². The Kier molecular flexibility index (Phi) is 10.9. The fourth-order valence-corrected chi connectivity index (χ4v) is 6.80. The Bertz CT molecular complexity index is 1480. The predicted molar refractivity (Wildman–Crippen MR) is 168 cm³/mol. The molecule has 42 heavy (non-hydrogen) atoms. The molecule has 3 aromatic rings. The molecule has 4 rings (SSSR count). The minimum absolute atomic E-state index is 0.0251. The molecule has 1 N–H and O–H groups in total. The first-order valence-electron chi connectivity index (χ1n) is 13.9. The Morgan fingerprint density at radius 3 is 2.29 bits per heavy atom. The molecule has 0 bridgehead atoms. The van der Waals surface area contributed by atoms with Crippen molar-refractivity contribution in [3.05, 3.63) is 87.9 Å². The minimum Gasteiger partial charge on any atom is -0.494 e. The van der Waals surface area contributed by atoms with Gasteiger partial charge in [0.2, 0.25) is 11.8 Å². The first-order valence-corrected chi connectivity index (χ1v) is 16.6. The summed E-state index contributed by atoms with van der Waals surface area (Å²) in [5.74, 6) is -0.254. The van der Waals surface area contributed by atoms with E-state index in [1.54, 1.807) is 67.6 Å². The standard InChI is InChI=1S/C31H35BrClN3O5S/c1-3-41-27-16-14-26(15-17-27)36(42(39,40)28-18-12-24(32)13-19-28)21-30(37)35(20-23-8-4-7-11-29(23)33)22(2)31(38)34-25-9-5-6-10-25/h4,7-8,11-19,22,25H,3,5-6,9-10,20-21H2,1-2H3,(H,34,38)/t22-/m1/s1. The number of hydrogen-bond acceptors (Lipinski definition) is 5. The highest BCUT2D eigenvalue weighted by molar-refractivity contribution is 9.10. The number of nitrogens with zero attached hydrogens (tertiary/aromatic N) is 2. The van der Waals surface area contributed by atoms with E-state index in [2.05, 4.69) is 21.2 Å². The largest absolute Gasteiger partial charge is 0.494 e. The average molecular weight is 677 g/mol. The van der Waals surface area contributed by atoms with Gasteiger partial charge in [-0.3, -0.25) is 13.9 Å². The number of benzene rings is 3. The molecule has 11 heteroatoms. The van der Waals surface area contributed by atoms with Crippen molar-refractivity contribution in [2.24, 2.45) is 0 Å². The van der Waals surface area contributed by atoms with Crippen LogP contribution in [-0.4, -0.2) is 50.4 Å². The van der Waals surface area contributed by atoms with Gasteiger partial charge in [-0.2, -0.15) is 0 Å². The summed E-state index contributed by atoms with van der Waals surface area (Å²) >= 11 is 9.78.